The topological polar surface area (TPSA) is 185 Å². The van der Waals surface area contributed by atoms with E-state index < -0.39 is 52.0 Å². The molecule has 1 fully saturated rings. The molecule has 0 amide bonds. The molecule has 0 aliphatic carbocycles. The second-order valence-corrected chi connectivity index (χ2v) is 11.2. The molecule has 3 heterocycles. The lowest BCUT2D eigenvalue weighted by molar-refractivity contribution is -0.441. The van der Waals surface area contributed by atoms with Crippen LogP contribution in [0.15, 0.2) is 45.6 Å². The van der Waals surface area contributed by atoms with Crippen molar-refractivity contribution in [2.45, 2.75) is 62.8 Å². The Balaban J connectivity index is 1.60. The molecule has 0 saturated carbocycles. The summed E-state index contributed by atoms with van der Waals surface area (Å²) in [4.78, 5) is 25.8. The zero-order valence-corrected chi connectivity index (χ0v) is 23.2. The minimum absolute atomic E-state index is 0.0236. The number of rotatable bonds is 5. The fourth-order valence-corrected chi connectivity index (χ4v) is 5.44. The number of aliphatic hydroxyl groups is 4. The molecule has 12 heteroatoms. The predicted molar refractivity (Wildman–Crippen MR) is 143 cm³/mol. The number of hydrogen-bond acceptors (Lipinski definition) is 11. The molecule has 0 radical (unpaired) electrons. The Morgan fingerprint density at radius 1 is 0.902 bits per heavy atom. The third-order valence-electron chi connectivity index (χ3n) is 8.73. The number of fused-ring (bicyclic) bond motifs is 2. The first-order valence-corrected chi connectivity index (χ1v) is 12.9. The average molecular weight is 573 g/mol. The van der Waals surface area contributed by atoms with Gasteiger partial charge in [0, 0.05) is 13.0 Å². The molecule has 2 aliphatic rings. The Morgan fingerprint density at radius 2 is 1.56 bits per heavy atom. The van der Waals surface area contributed by atoms with Gasteiger partial charge in [-0.3, -0.25) is 4.79 Å². The van der Waals surface area contributed by atoms with Crippen molar-refractivity contribution in [3.05, 3.63) is 52.4 Å². The van der Waals surface area contributed by atoms with Gasteiger partial charge in [0.05, 0.1) is 17.6 Å². The second-order valence-electron chi connectivity index (χ2n) is 11.2. The van der Waals surface area contributed by atoms with Crippen LogP contribution in [0.5, 0.6) is 17.2 Å². The summed E-state index contributed by atoms with van der Waals surface area (Å²) >= 11 is 0. The molecule has 5 rings (SSSR count). The lowest BCUT2D eigenvalue weighted by Crippen LogP contribution is -2.85. The Bertz CT molecular complexity index is 1600. The van der Waals surface area contributed by atoms with Crippen molar-refractivity contribution in [3.63, 3.8) is 0 Å². The van der Waals surface area contributed by atoms with E-state index >= 15 is 0 Å². The molecule has 0 spiro atoms. The molecule has 5 atom stereocenters. The zero-order chi connectivity index (χ0) is 30.2. The Hall–Kier alpha value is -3.68. The smallest absolute Gasteiger partial charge is 0.372 e. The highest BCUT2D eigenvalue weighted by Gasteiger charge is 2.75. The molecule has 0 bridgehead atoms. The van der Waals surface area contributed by atoms with Crippen LogP contribution in [0, 0.1) is 0 Å². The highest BCUT2D eigenvalue weighted by atomic mass is 16.7. The van der Waals surface area contributed by atoms with Gasteiger partial charge in [0.2, 0.25) is 17.0 Å². The quantitative estimate of drug-likeness (QED) is 0.300. The van der Waals surface area contributed by atoms with Gasteiger partial charge in [-0.15, -0.1) is 0 Å². The van der Waals surface area contributed by atoms with Gasteiger partial charge in [-0.1, -0.05) is 6.07 Å². The molecule has 1 saturated heterocycles. The van der Waals surface area contributed by atoms with Crippen molar-refractivity contribution < 1.29 is 53.7 Å². The highest BCUT2D eigenvalue weighted by molar-refractivity contribution is 5.97. The van der Waals surface area contributed by atoms with Gasteiger partial charge in [-0.25, -0.2) is 4.79 Å². The van der Waals surface area contributed by atoms with Crippen molar-refractivity contribution in [1.82, 2.24) is 0 Å². The van der Waals surface area contributed by atoms with Gasteiger partial charge in [0.15, 0.2) is 17.1 Å². The van der Waals surface area contributed by atoms with Crippen molar-refractivity contribution in [3.8, 4) is 28.4 Å². The summed E-state index contributed by atoms with van der Waals surface area (Å²) in [6, 6.07) is 8.63. The number of aliphatic hydroxyl groups excluding tert-OH is 1. The van der Waals surface area contributed by atoms with Crippen molar-refractivity contribution >= 4 is 16.9 Å². The third kappa shape index (κ3) is 4.01. The normalized spacial score (nSPS) is 33.0. The molecular weight excluding hydrogens is 540 g/mol. The SMILES string of the molecule is C[C@]1(Oc2ccc3c(=O)c(-c4ccc5c(c4)OCCO5)c(C(=O)O)oc3c2)O[C@@](C)(CO)[C@](C)(O)[C@@](C)(O)[C@@]1(C)O. The van der Waals surface area contributed by atoms with E-state index in [0.29, 0.717) is 24.7 Å². The summed E-state index contributed by atoms with van der Waals surface area (Å²) in [6.07, 6.45) is 0. The van der Waals surface area contributed by atoms with E-state index in [4.69, 9.17) is 23.4 Å². The molecule has 3 aromatic rings. The number of carboxylic acid groups (broad SMARTS) is 1. The molecular formula is C29H32O12. The van der Waals surface area contributed by atoms with Crippen LogP contribution in [0.1, 0.15) is 45.2 Å². The van der Waals surface area contributed by atoms with Crippen LogP contribution in [0.3, 0.4) is 0 Å². The van der Waals surface area contributed by atoms with Crippen molar-refractivity contribution in [2.75, 3.05) is 19.8 Å². The maximum Gasteiger partial charge on any atom is 0.372 e. The second kappa shape index (κ2) is 9.16. The summed E-state index contributed by atoms with van der Waals surface area (Å²) in [7, 11) is 0. The third-order valence-corrected chi connectivity index (χ3v) is 8.73. The summed E-state index contributed by atoms with van der Waals surface area (Å²) in [5.41, 5.74) is -9.10. The van der Waals surface area contributed by atoms with E-state index in [1.807, 2.05) is 0 Å². The van der Waals surface area contributed by atoms with Gasteiger partial charge in [0.1, 0.15) is 41.3 Å². The summed E-state index contributed by atoms with van der Waals surface area (Å²) in [5, 5.41) is 53.9. The van der Waals surface area contributed by atoms with Crippen LogP contribution >= 0.6 is 0 Å². The average Bonchev–Trinajstić information content (AvgIpc) is 2.91. The number of ether oxygens (including phenoxy) is 4. The summed E-state index contributed by atoms with van der Waals surface area (Å²) in [5.74, 6) is -3.35. The maximum atomic E-state index is 13.6. The van der Waals surface area contributed by atoms with Crippen molar-refractivity contribution in [1.29, 1.82) is 0 Å². The molecule has 2 aliphatic heterocycles. The van der Waals surface area contributed by atoms with E-state index in [0.717, 1.165) is 0 Å². The Morgan fingerprint density at radius 3 is 2.20 bits per heavy atom. The van der Waals surface area contributed by atoms with E-state index in [-0.39, 0.29) is 27.8 Å². The van der Waals surface area contributed by atoms with Gasteiger partial charge in [-0.05, 0) is 57.5 Å². The van der Waals surface area contributed by atoms with Gasteiger partial charge in [0.25, 0.3) is 0 Å². The predicted octanol–water partition coefficient (Wildman–Crippen LogP) is 2.06. The van der Waals surface area contributed by atoms with E-state index in [1.54, 1.807) is 6.07 Å². The van der Waals surface area contributed by atoms with Crippen LogP contribution in [0.4, 0.5) is 0 Å². The minimum atomic E-state index is -2.26. The first-order valence-electron chi connectivity index (χ1n) is 12.9. The number of hydrogen-bond donors (Lipinski definition) is 5. The first-order chi connectivity index (χ1) is 19.0. The van der Waals surface area contributed by atoms with Gasteiger partial charge in [-0.2, -0.15) is 0 Å². The lowest BCUT2D eigenvalue weighted by Gasteiger charge is -2.64. The lowest BCUT2D eigenvalue weighted by atomic mass is 9.61. The summed E-state index contributed by atoms with van der Waals surface area (Å²) < 4.78 is 28.8. The molecule has 0 unspecified atom stereocenters. The molecule has 220 valence electrons. The van der Waals surface area contributed by atoms with Crippen LogP contribution in [-0.4, -0.2) is 79.5 Å². The van der Waals surface area contributed by atoms with E-state index in [1.165, 1.54) is 65.0 Å². The molecule has 12 nitrogen and oxygen atoms in total. The maximum absolute atomic E-state index is 13.6. The summed E-state index contributed by atoms with van der Waals surface area (Å²) in [6.45, 7) is 6.25. The Kier molecular flexibility index (Phi) is 6.44. The van der Waals surface area contributed by atoms with Crippen LogP contribution in [0.25, 0.3) is 22.1 Å². The Labute approximate surface area is 234 Å². The molecule has 2 aromatic carbocycles. The molecule has 41 heavy (non-hydrogen) atoms. The number of carbonyl (C=O) groups is 1. The minimum Gasteiger partial charge on any atom is -0.486 e. The molecule has 5 N–H and O–H groups in total. The monoisotopic (exact) mass is 572 g/mol. The highest BCUT2D eigenvalue weighted by Crippen LogP contribution is 2.53. The van der Waals surface area contributed by atoms with E-state index in [9.17, 15) is 35.1 Å². The fraction of sp³-hybridized carbons (Fsp3) is 0.448. The van der Waals surface area contributed by atoms with E-state index in [2.05, 4.69) is 0 Å². The number of carboxylic acids is 1. The standard InChI is InChI=1S/C29H32O12/c1-25(14-30)26(2,34)27(3,35)28(4,36)29(5,41-25)40-16-7-8-17-19(13-16)39-23(24(32)33)21(22(17)31)15-6-9-18-20(12-15)38-11-10-37-18/h6-9,12-13,30,34-36H,10-11,14H2,1-5H3,(H,32,33)/t25-,26-,27+,28+,29-/m0/s1. The number of aromatic carboxylic acids is 1. The van der Waals surface area contributed by atoms with Crippen molar-refractivity contribution in [2.24, 2.45) is 0 Å². The van der Waals surface area contributed by atoms with Gasteiger partial charge >= 0.3 is 5.97 Å². The number of benzene rings is 2. The largest absolute Gasteiger partial charge is 0.486 e. The van der Waals surface area contributed by atoms with Crippen LogP contribution in [0.2, 0.25) is 0 Å². The van der Waals surface area contributed by atoms with Gasteiger partial charge < -0.3 is 48.9 Å². The molecule has 1 aromatic heterocycles. The zero-order valence-electron chi connectivity index (χ0n) is 23.2. The first kappa shape index (κ1) is 28.8. The van der Waals surface area contributed by atoms with Crippen LogP contribution in [-0.2, 0) is 4.74 Å². The fourth-order valence-electron chi connectivity index (χ4n) is 5.44. The van der Waals surface area contributed by atoms with Crippen LogP contribution < -0.4 is 19.6 Å².